The molecule has 0 radical (unpaired) electrons. The van der Waals surface area contributed by atoms with E-state index in [-0.39, 0.29) is 6.10 Å². The van der Waals surface area contributed by atoms with Gasteiger partial charge in [-0.05, 0) is 26.4 Å². The maximum absolute atomic E-state index is 8.74. The van der Waals surface area contributed by atoms with Crippen LogP contribution in [-0.2, 0) is 0 Å². The minimum Gasteiger partial charge on any atom is -0.393 e. The molecule has 2 nitrogen and oxygen atoms in total. The van der Waals surface area contributed by atoms with Gasteiger partial charge in [0, 0.05) is 0 Å². The van der Waals surface area contributed by atoms with Gasteiger partial charge in [-0.3, -0.25) is 0 Å². The zero-order valence-corrected chi connectivity index (χ0v) is 7.65. The Kier molecular flexibility index (Phi) is 14.7. The summed E-state index contributed by atoms with van der Waals surface area (Å²) in [5.41, 5.74) is 0. The molecular weight excluding hydrogens is 126 g/mol. The van der Waals surface area contributed by atoms with E-state index in [9.17, 15) is 0 Å². The van der Waals surface area contributed by atoms with Crippen molar-refractivity contribution in [3.8, 4) is 0 Å². The van der Waals surface area contributed by atoms with Crippen LogP contribution in [0.5, 0.6) is 0 Å². The Bertz CT molecular complexity index is 46.5. The van der Waals surface area contributed by atoms with Gasteiger partial charge in [0.15, 0.2) is 0 Å². The van der Waals surface area contributed by atoms with Crippen LogP contribution < -0.4 is 5.32 Å². The van der Waals surface area contributed by atoms with Crippen molar-refractivity contribution in [1.82, 2.24) is 5.32 Å². The molecule has 0 heterocycles. The molecule has 10 heavy (non-hydrogen) atoms. The van der Waals surface area contributed by atoms with Crippen molar-refractivity contribution in [2.24, 2.45) is 0 Å². The average Bonchev–Trinajstić information content (AvgIpc) is 1.92. The zero-order valence-electron chi connectivity index (χ0n) is 7.65. The predicted molar refractivity (Wildman–Crippen MR) is 46.2 cm³/mol. The highest BCUT2D eigenvalue weighted by Crippen LogP contribution is 1.84. The number of hydrogen-bond donors (Lipinski definition) is 2. The summed E-state index contributed by atoms with van der Waals surface area (Å²) in [5.74, 6) is 0. The lowest BCUT2D eigenvalue weighted by Crippen LogP contribution is -2.18. The molecule has 0 aliphatic rings. The highest BCUT2D eigenvalue weighted by Gasteiger charge is 1.91. The summed E-state index contributed by atoms with van der Waals surface area (Å²) in [7, 11) is 0. The monoisotopic (exact) mass is 147 g/mol. The summed E-state index contributed by atoms with van der Waals surface area (Å²) >= 11 is 0. The normalized spacial score (nSPS) is 11.7. The first-order chi connectivity index (χ1) is 4.77. The third kappa shape index (κ3) is 15.7. The standard InChI is InChI=1S/C6H15NO.C2H6/c1-3-7-5-4-6(2)8;1-2/h6-8H,3-5H2,1-2H3;1-2H3. The largest absolute Gasteiger partial charge is 0.393 e. The third-order valence-electron chi connectivity index (χ3n) is 0.989. The van der Waals surface area contributed by atoms with Crippen molar-refractivity contribution in [2.45, 2.75) is 40.2 Å². The molecule has 0 aromatic heterocycles. The van der Waals surface area contributed by atoms with Crippen LogP contribution in [0.4, 0.5) is 0 Å². The molecule has 0 aliphatic heterocycles. The molecular formula is C8H21NO. The van der Waals surface area contributed by atoms with E-state index in [0.717, 1.165) is 19.5 Å². The molecule has 1 atom stereocenters. The van der Waals surface area contributed by atoms with Crippen molar-refractivity contribution in [3.63, 3.8) is 0 Å². The molecule has 0 amide bonds. The molecule has 64 valence electrons. The second kappa shape index (κ2) is 11.7. The average molecular weight is 147 g/mol. The molecule has 0 saturated heterocycles. The fourth-order valence-corrected chi connectivity index (χ4v) is 0.488. The van der Waals surface area contributed by atoms with E-state index in [2.05, 4.69) is 12.2 Å². The van der Waals surface area contributed by atoms with E-state index in [1.165, 1.54) is 0 Å². The van der Waals surface area contributed by atoms with Crippen LogP contribution in [0.25, 0.3) is 0 Å². The molecule has 0 rings (SSSR count). The van der Waals surface area contributed by atoms with Crippen LogP contribution in [0.15, 0.2) is 0 Å². The summed E-state index contributed by atoms with van der Waals surface area (Å²) < 4.78 is 0. The van der Waals surface area contributed by atoms with Crippen molar-refractivity contribution in [3.05, 3.63) is 0 Å². The maximum atomic E-state index is 8.74. The topological polar surface area (TPSA) is 32.3 Å². The zero-order chi connectivity index (χ0) is 8.41. The molecule has 0 bridgehead atoms. The van der Waals surface area contributed by atoms with Crippen molar-refractivity contribution in [1.29, 1.82) is 0 Å². The summed E-state index contributed by atoms with van der Waals surface area (Å²) in [6.07, 6.45) is 0.697. The minimum absolute atomic E-state index is 0.158. The fraction of sp³-hybridized carbons (Fsp3) is 1.00. The smallest absolute Gasteiger partial charge is 0.0524 e. The number of rotatable bonds is 4. The molecule has 0 spiro atoms. The number of aliphatic hydroxyl groups excluding tert-OH is 1. The van der Waals surface area contributed by atoms with E-state index >= 15 is 0 Å². The minimum atomic E-state index is -0.158. The van der Waals surface area contributed by atoms with Crippen molar-refractivity contribution in [2.75, 3.05) is 13.1 Å². The Labute approximate surface area is 64.6 Å². The van der Waals surface area contributed by atoms with Crippen molar-refractivity contribution >= 4 is 0 Å². The molecule has 0 aromatic rings. The van der Waals surface area contributed by atoms with Crippen LogP contribution in [-0.4, -0.2) is 24.3 Å². The van der Waals surface area contributed by atoms with Gasteiger partial charge in [-0.2, -0.15) is 0 Å². The Balaban J connectivity index is 0. The lowest BCUT2D eigenvalue weighted by molar-refractivity contribution is 0.184. The number of nitrogens with one attached hydrogen (secondary N) is 1. The Morgan fingerprint density at radius 2 is 1.90 bits per heavy atom. The highest BCUT2D eigenvalue weighted by molar-refractivity contribution is 4.48. The van der Waals surface area contributed by atoms with Crippen LogP contribution in [0.2, 0.25) is 0 Å². The van der Waals surface area contributed by atoms with Crippen LogP contribution in [0.3, 0.4) is 0 Å². The Morgan fingerprint density at radius 1 is 1.40 bits per heavy atom. The van der Waals surface area contributed by atoms with Gasteiger partial charge in [-0.15, -0.1) is 0 Å². The van der Waals surface area contributed by atoms with E-state index in [1.807, 2.05) is 13.8 Å². The molecule has 0 fully saturated rings. The summed E-state index contributed by atoms with van der Waals surface area (Å²) in [6.45, 7) is 9.78. The predicted octanol–water partition coefficient (Wildman–Crippen LogP) is 1.39. The van der Waals surface area contributed by atoms with Crippen LogP contribution in [0, 0.1) is 0 Å². The highest BCUT2D eigenvalue weighted by atomic mass is 16.3. The molecule has 2 N–H and O–H groups in total. The van der Waals surface area contributed by atoms with Crippen LogP contribution >= 0.6 is 0 Å². The number of aliphatic hydroxyl groups is 1. The first-order valence-corrected chi connectivity index (χ1v) is 4.16. The van der Waals surface area contributed by atoms with Gasteiger partial charge in [0.05, 0.1) is 6.10 Å². The second-order valence-corrected chi connectivity index (χ2v) is 1.99. The summed E-state index contributed by atoms with van der Waals surface area (Å²) in [5, 5.41) is 11.9. The molecule has 0 aliphatic carbocycles. The number of hydrogen-bond acceptors (Lipinski definition) is 2. The van der Waals surface area contributed by atoms with E-state index in [4.69, 9.17) is 5.11 Å². The Hall–Kier alpha value is -0.0800. The second-order valence-electron chi connectivity index (χ2n) is 1.99. The van der Waals surface area contributed by atoms with Gasteiger partial charge in [0.2, 0.25) is 0 Å². The SMILES string of the molecule is CC.CCNCCC(C)O. The van der Waals surface area contributed by atoms with E-state index in [1.54, 1.807) is 6.92 Å². The molecule has 0 aromatic carbocycles. The van der Waals surface area contributed by atoms with Crippen LogP contribution in [0.1, 0.15) is 34.1 Å². The lowest BCUT2D eigenvalue weighted by Gasteiger charge is -2.02. The van der Waals surface area contributed by atoms with Gasteiger partial charge in [-0.1, -0.05) is 20.8 Å². The third-order valence-corrected chi connectivity index (χ3v) is 0.989. The fourth-order valence-electron chi connectivity index (χ4n) is 0.488. The van der Waals surface area contributed by atoms with Gasteiger partial charge in [0.1, 0.15) is 0 Å². The summed E-state index contributed by atoms with van der Waals surface area (Å²) in [4.78, 5) is 0. The Morgan fingerprint density at radius 3 is 2.20 bits per heavy atom. The van der Waals surface area contributed by atoms with Gasteiger partial charge in [-0.25, -0.2) is 0 Å². The van der Waals surface area contributed by atoms with Gasteiger partial charge >= 0.3 is 0 Å². The quantitative estimate of drug-likeness (QED) is 0.589. The molecule has 1 unspecified atom stereocenters. The van der Waals surface area contributed by atoms with Gasteiger partial charge in [0.25, 0.3) is 0 Å². The first-order valence-electron chi connectivity index (χ1n) is 4.16. The van der Waals surface area contributed by atoms with Crippen molar-refractivity contribution < 1.29 is 5.11 Å². The lowest BCUT2D eigenvalue weighted by atomic mass is 10.3. The summed E-state index contributed by atoms with van der Waals surface area (Å²) in [6, 6.07) is 0. The van der Waals surface area contributed by atoms with E-state index in [0.29, 0.717) is 0 Å². The maximum Gasteiger partial charge on any atom is 0.0524 e. The molecule has 2 heteroatoms. The van der Waals surface area contributed by atoms with Gasteiger partial charge < -0.3 is 10.4 Å². The van der Waals surface area contributed by atoms with E-state index < -0.39 is 0 Å². The first kappa shape index (κ1) is 12.6. The molecule has 0 saturated carbocycles.